The van der Waals surface area contributed by atoms with Gasteiger partial charge < -0.3 is 10.1 Å². The third kappa shape index (κ3) is 3.82. The van der Waals surface area contributed by atoms with Gasteiger partial charge in [-0.3, -0.25) is 9.69 Å². The molecule has 24 heavy (non-hydrogen) atoms. The molecule has 0 saturated carbocycles. The van der Waals surface area contributed by atoms with E-state index in [4.69, 9.17) is 4.74 Å². The molecule has 0 aromatic carbocycles. The molecule has 1 aromatic heterocycles. The van der Waals surface area contributed by atoms with E-state index in [2.05, 4.69) is 15.2 Å². The summed E-state index contributed by atoms with van der Waals surface area (Å²) in [5, 5.41) is 2.91. The smallest absolute Gasteiger partial charge is 0.331 e. The Morgan fingerprint density at radius 3 is 3.00 bits per heavy atom. The van der Waals surface area contributed by atoms with E-state index in [0.717, 1.165) is 30.5 Å². The number of carbonyl (C=O) groups excluding carboxylic acids is 2. The molecule has 0 unspecified atom stereocenters. The van der Waals surface area contributed by atoms with E-state index in [-0.39, 0.29) is 17.9 Å². The summed E-state index contributed by atoms with van der Waals surface area (Å²) < 4.78 is 5.25. The predicted molar refractivity (Wildman–Crippen MR) is 91.2 cm³/mol. The number of rotatable bonds is 2. The quantitative estimate of drug-likeness (QED) is 0.666. The third-order valence-corrected chi connectivity index (χ3v) is 4.09. The van der Waals surface area contributed by atoms with E-state index >= 15 is 0 Å². The van der Waals surface area contributed by atoms with Gasteiger partial charge in [0.05, 0.1) is 6.04 Å². The maximum Gasteiger partial charge on any atom is 0.331 e. The molecule has 6 heteroatoms. The standard InChI is InChI=1S/C18H23N3O3/c1-18(2,3)24-15(22)7-6-12-9-13-11-21-8-4-5-14(21)17(23)20-16(13)19-10-12/h6-7,9-10,14H,4-5,8,11H2,1-3H3,(H,19,20,23)/b7-6+/t14-/m0/s1. The van der Waals surface area contributed by atoms with Crippen LogP contribution in [0, 0.1) is 0 Å². The number of nitrogens with zero attached hydrogens (tertiary/aromatic N) is 2. The van der Waals surface area contributed by atoms with E-state index in [1.165, 1.54) is 6.08 Å². The van der Waals surface area contributed by atoms with Crippen LogP contribution in [-0.4, -0.2) is 39.9 Å². The van der Waals surface area contributed by atoms with Gasteiger partial charge in [0.1, 0.15) is 11.4 Å². The molecule has 0 bridgehead atoms. The number of pyridine rings is 1. The molecule has 1 aromatic rings. The predicted octanol–water partition coefficient (Wildman–Crippen LogP) is 2.35. The first-order chi connectivity index (χ1) is 11.3. The number of carbonyl (C=O) groups is 2. The molecule has 1 fully saturated rings. The van der Waals surface area contributed by atoms with Crippen LogP contribution in [0.2, 0.25) is 0 Å². The molecule has 1 atom stereocenters. The number of nitrogens with one attached hydrogen (secondary N) is 1. The Bertz CT molecular complexity index is 691. The summed E-state index contributed by atoms with van der Waals surface area (Å²) in [7, 11) is 0. The summed E-state index contributed by atoms with van der Waals surface area (Å²) in [5.74, 6) is 0.255. The number of ether oxygens (including phenoxy) is 1. The highest BCUT2D eigenvalue weighted by Crippen LogP contribution is 2.28. The Balaban J connectivity index is 1.77. The van der Waals surface area contributed by atoms with Gasteiger partial charge in [0, 0.05) is 24.4 Å². The van der Waals surface area contributed by atoms with Gasteiger partial charge in [-0.2, -0.15) is 0 Å². The van der Waals surface area contributed by atoms with E-state index < -0.39 is 5.60 Å². The van der Waals surface area contributed by atoms with Crippen LogP contribution in [0.4, 0.5) is 5.82 Å². The van der Waals surface area contributed by atoms with Crippen LogP contribution in [0.5, 0.6) is 0 Å². The molecule has 3 rings (SSSR count). The summed E-state index contributed by atoms with van der Waals surface area (Å²) in [6.45, 7) is 7.11. The Kier molecular flexibility index (Phi) is 4.41. The van der Waals surface area contributed by atoms with Gasteiger partial charge in [-0.05, 0) is 57.9 Å². The van der Waals surface area contributed by atoms with Crippen LogP contribution in [0.15, 0.2) is 18.3 Å². The van der Waals surface area contributed by atoms with Gasteiger partial charge in [-0.15, -0.1) is 0 Å². The maximum absolute atomic E-state index is 12.2. The lowest BCUT2D eigenvalue weighted by atomic mass is 10.1. The van der Waals surface area contributed by atoms with Crippen LogP contribution in [-0.2, 0) is 20.9 Å². The third-order valence-electron chi connectivity index (χ3n) is 4.09. The lowest BCUT2D eigenvalue weighted by Crippen LogP contribution is -2.36. The molecule has 0 aliphatic carbocycles. The molecule has 0 radical (unpaired) electrons. The van der Waals surface area contributed by atoms with Crippen molar-refractivity contribution >= 4 is 23.8 Å². The van der Waals surface area contributed by atoms with Crippen LogP contribution >= 0.6 is 0 Å². The highest BCUT2D eigenvalue weighted by atomic mass is 16.6. The monoisotopic (exact) mass is 329 g/mol. The van der Waals surface area contributed by atoms with Gasteiger partial charge in [-0.1, -0.05) is 0 Å². The Morgan fingerprint density at radius 2 is 2.25 bits per heavy atom. The summed E-state index contributed by atoms with van der Waals surface area (Å²) in [6.07, 6.45) is 6.68. The SMILES string of the molecule is CC(C)(C)OC(=O)/C=C/c1cnc2c(c1)CN1CCC[C@H]1C(=O)N2. The summed E-state index contributed by atoms with van der Waals surface area (Å²) >= 11 is 0. The highest BCUT2D eigenvalue weighted by molar-refractivity contribution is 5.95. The Morgan fingerprint density at radius 1 is 1.46 bits per heavy atom. The molecule has 2 aliphatic rings. The van der Waals surface area contributed by atoms with Crippen LogP contribution < -0.4 is 5.32 Å². The first kappa shape index (κ1) is 16.6. The second kappa shape index (κ2) is 6.36. The average molecular weight is 329 g/mol. The number of hydrogen-bond donors (Lipinski definition) is 1. The van der Waals surface area contributed by atoms with Crippen molar-refractivity contribution in [2.24, 2.45) is 0 Å². The van der Waals surface area contributed by atoms with Crippen molar-refractivity contribution in [1.82, 2.24) is 9.88 Å². The lowest BCUT2D eigenvalue weighted by Gasteiger charge is -2.19. The molecule has 2 aliphatic heterocycles. The average Bonchev–Trinajstić information content (AvgIpc) is 2.89. The molecule has 1 amide bonds. The second-order valence-corrected chi connectivity index (χ2v) is 7.26. The largest absolute Gasteiger partial charge is 0.457 e. The van der Waals surface area contributed by atoms with Crippen LogP contribution in [0.25, 0.3) is 6.08 Å². The van der Waals surface area contributed by atoms with Crippen molar-refractivity contribution < 1.29 is 14.3 Å². The fourth-order valence-electron chi connectivity index (χ4n) is 3.08. The topological polar surface area (TPSA) is 71.5 Å². The van der Waals surface area contributed by atoms with Gasteiger partial charge in [0.15, 0.2) is 0 Å². The molecule has 1 N–H and O–H groups in total. The number of amides is 1. The summed E-state index contributed by atoms with van der Waals surface area (Å²) in [5.41, 5.74) is 1.27. The normalized spacial score (nSPS) is 21.1. The van der Waals surface area contributed by atoms with Crippen molar-refractivity contribution in [3.63, 3.8) is 0 Å². The minimum Gasteiger partial charge on any atom is -0.457 e. The number of hydrogen-bond acceptors (Lipinski definition) is 5. The first-order valence-corrected chi connectivity index (χ1v) is 8.27. The zero-order chi connectivity index (χ0) is 17.3. The number of aromatic nitrogens is 1. The van der Waals surface area contributed by atoms with Crippen molar-refractivity contribution in [3.05, 3.63) is 29.5 Å². The molecule has 6 nitrogen and oxygen atoms in total. The second-order valence-electron chi connectivity index (χ2n) is 7.26. The molecular formula is C18H23N3O3. The van der Waals surface area contributed by atoms with Crippen molar-refractivity contribution in [2.45, 2.75) is 51.8 Å². The number of anilines is 1. The summed E-state index contributed by atoms with van der Waals surface area (Å²) in [4.78, 5) is 30.5. The molecule has 0 spiro atoms. The van der Waals surface area contributed by atoms with Crippen LogP contribution in [0.1, 0.15) is 44.7 Å². The fourth-order valence-corrected chi connectivity index (χ4v) is 3.08. The van der Waals surface area contributed by atoms with Crippen LogP contribution in [0.3, 0.4) is 0 Å². The Labute approximate surface area is 141 Å². The van der Waals surface area contributed by atoms with Gasteiger partial charge in [0.2, 0.25) is 5.91 Å². The minimum atomic E-state index is -0.511. The van der Waals surface area contributed by atoms with E-state index in [9.17, 15) is 9.59 Å². The molecule has 128 valence electrons. The van der Waals surface area contributed by atoms with Crippen molar-refractivity contribution in [2.75, 3.05) is 11.9 Å². The van der Waals surface area contributed by atoms with E-state index in [1.807, 2.05) is 26.8 Å². The van der Waals surface area contributed by atoms with E-state index in [0.29, 0.717) is 12.4 Å². The fraction of sp³-hybridized carbons (Fsp3) is 0.500. The zero-order valence-electron chi connectivity index (χ0n) is 14.3. The molecule has 3 heterocycles. The van der Waals surface area contributed by atoms with Crippen molar-refractivity contribution in [3.8, 4) is 0 Å². The van der Waals surface area contributed by atoms with E-state index in [1.54, 1.807) is 12.3 Å². The first-order valence-electron chi connectivity index (χ1n) is 8.27. The van der Waals surface area contributed by atoms with Gasteiger partial charge in [-0.25, -0.2) is 9.78 Å². The number of fused-ring (bicyclic) bond motifs is 2. The van der Waals surface area contributed by atoms with Gasteiger partial charge >= 0.3 is 5.97 Å². The zero-order valence-corrected chi connectivity index (χ0v) is 14.3. The number of esters is 1. The highest BCUT2D eigenvalue weighted by Gasteiger charge is 2.34. The lowest BCUT2D eigenvalue weighted by molar-refractivity contribution is -0.148. The molecular weight excluding hydrogens is 306 g/mol. The Hall–Kier alpha value is -2.21. The maximum atomic E-state index is 12.2. The van der Waals surface area contributed by atoms with Crippen molar-refractivity contribution in [1.29, 1.82) is 0 Å². The molecule has 1 saturated heterocycles. The van der Waals surface area contributed by atoms with Gasteiger partial charge in [0.25, 0.3) is 0 Å². The minimum absolute atomic E-state index is 0.0239. The summed E-state index contributed by atoms with van der Waals surface area (Å²) in [6, 6.07) is 1.91.